The first kappa shape index (κ1) is 12.5. The molecule has 0 unspecified atom stereocenters. The molecule has 18 heavy (non-hydrogen) atoms. The second kappa shape index (κ2) is 4.75. The largest absolute Gasteiger partial charge is 0.478 e. The summed E-state index contributed by atoms with van der Waals surface area (Å²) >= 11 is 6.71. The van der Waals surface area contributed by atoms with Gasteiger partial charge in [0.15, 0.2) is 0 Å². The Labute approximate surface area is 110 Å². The van der Waals surface area contributed by atoms with Crippen molar-refractivity contribution in [3.05, 3.63) is 39.3 Å². The summed E-state index contributed by atoms with van der Waals surface area (Å²) in [6.45, 7) is 0. The van der Waals surface area contributed by atoms with Crippen LogP contribution in [0.4, 0.5) is 0 Å². The molecule has 0 saturated carbocycles. The Bertz CT molecular complexity index is 638. The highest BCUT2D eigenvalue weighted by Gasteiger charge is 2.13. The molecule has 2 N–H and O–H groups in total. The number of halogens is 1. The van der Waals surface area contributed by atoms with Crippen LogP contribution in [0.15, 0.2) is 23.7 Å². The average molecular weight is 284 g/mol. The number of hydrogen-bond acceptors (Lipinski definition) is 4. The van der Waals surface area contributed by atoms with Gasteiger partial charge in [0.25, 0.3) is 0 Å². The third kappa shape index (κ3) is 2.34. The van der Waals surface area contributed by atoms with Crippen molar-refractivity contribution in [3.63, 3.8) is 0 Å². The van der Waals surface area contributed by atoms with Crippen molar-refractivity contribution in [2.75, 3.05) is 0 Å². The van der Waals surface area contributed by atoms with Gasteiger partial charge in [-0.2, -0.15) is 0 Å². The van der Waals surface area contributed by atoms with E-state index in [0.717, 1.165) is 11.3 Å². The Morgan fingerprint density at radius 3 is 2.44 bits per heavy atom. The summed E-state index contributed by atoms with van der Waals surface area (Å²) in [4.78, 5) is 25.6. The Morgan fingerprint density at radius 1 is 1.17 bits per heavy atom. The number of carboxylic acids is 2. The van der Waals surface area contributed by atoms with Crippen molar-refractivity contribution in [2.24, 2.45) is 0 Å². The lowest BCUT2D eigenvalue weighted by Crippen LogP contribution is -1.99. The van der Waals surface area contributed by atoms with Crippen LogP contribution < -0.4 is 0 Å². The van der Waals surface area contributed by atoms with Crippen LogP contribution in [0.3, 0.4) is 0 Å². The van der Waals surface area contributed by atoms with Gasteiger partial charge in [0.1, 0.15) is 10.0 Å². The van der Waals surface area contributed by atoms with Crippen molar-refractivity contribution in [3.8, 4) is 11.1 Å². The summed E-state index contributed by atoms with van der Waals surface area (Å²) in [6.07, 6.45) is 1.41. The fraction of sp³-hybridized carbons (Fsp3) is 0. The molecule has 0 aliphatic rings. The minimum absolute atomic E-state index is 0.0973. The maximum Gasteiger partial charge on any atom is 0.345 e. The number of hydrogen-bond donors (Lipinski definition) is 2. The molecule has 0 saturated heterocycles. The molecular formula is C11H6ClNO4S. The van der Waals surface area contributed by atoms with Crippen molar-refractivity contribution < 1.29 is 19.8 Å². The number of aromatic nitrogens is 1. The van der Waals surface area contributed by atoms with E-state index in [-0.39, 0.29) is 15.6 Å². The molecule has 0 aromatic carbocycles. The van der Waals surface area contributed by atoms with Crippen LogP contribution in [0.1, 0.15) is 20.0 Å². The zero-order valence-corrected chi connectivity index (χ0v) is 10.3. The smallest absolute Gasteiger partial charge is 0.345 e. The lowest BCUT2D eigenvalue weighted by atomic mass is 10.1. The first-order chi connectivity index (χ1) is 8.49. The second-order valence-electron chi connectivity index (χ2n) is 3.37. The van der Waals surface area contributed by atoms with E-state index in [9.17, 15) is 9.59 Å². The molecule has 0 atom stereocenters. The molecule has 92 valence electrons. The van der Waals surface area contributed by atoms with Gasteiger partial charge in [-0.15, -0.1) is 11.3 Å². The highest BCUT2D eigenvalue weighted by Crippen LogP contribution is 2.27. The predicted molar refractivity (Wildman–Crippen MR) is 66.5 cm³/mol. The Balaban J connectivity index is 2.47. The average Bonchev–Trinajstić information content (AvgIpc) is 2.78. The van der Waals surface area contributed by atoms with Gasteiger partial charge in [0.2, 0.25) is 0 Å². The second-order valence-corrected chi connectivity index (χ2v) is 4.64. The zero-order chi connectivity index (χ0) is 13.3. The molecule has 0 bridgehead atoms. The molecule has 0 spiro atoms. The highest BCUT2D eigenvalue weighted by atomic mass is 35.5. The van der Waals surface area contributed by atoms with E-state index in [4.69, 9.17) is 21.8 Å². The maximum absolute atomic E-state index is 10.9. The summed E-state index contributed by atoms with van der Waals surface area (Å²) in [6, 6.07) is 2.83. The fourth-order valence-corrected chi connectivity index (χ4v) is 2.29. The van der Waals surface area contributed by atoms with Crippen molar-refractivity contribution in [2.45, 2.75) is 0 Å². The minimum Gasteiger partial charge on any atom is -0.478 e. The number of carbonyl (C=O) groups is 2. The van der Waals surface area contributed by atoms with E-state index >= 15 is 0 Å². The number of nitrogens with zero attached hydrogens (tertiary/aromatic N) is 1. The summed E-state index contributed by atoms with van der Waals surface area (Å²) in [5, 5.41) is 19.3. The van der Waals surface area contributed by atoms with E-state index in [1.165, 1.54) is 18.3 Å². The lowest BCUT2D eigenvalue weighted by molar-refractivity contribution is 0.0688. The van der Waals surface area contributed by atoms with Gasteiger partial charge in [0, 0.05) is 11.8 Å². The molecule has 0 aliphatic heterocycles. The topological polar surface area (TPSA) is 87.5 Å². The molecular weight excluding hydrogens is 278 g/mol. The zero-order valence-electron chi connectivity index (χ0n) is 8.75. The number of pyridine rings is 1. The first-order valence-corrected chi connectivity index (χ1v) is 5.96. The van der Waals surface area contributed by atoms with E-state index in [0.29, 0.717) is 11.1 Å². The summed E-state index contributed by atoms with van der Waals surface area (Å²) in [7, 11) is 0. The first-order valence-electron chi connectivity index (χ1n) is 4.70. The molecule has 2 heterocycles. The molecule has 0 radical (unpaired) electrons. The third-order valence-corrected chi connectivity index (χ3v) is 3.43. The van der Waals surface area contributed by atoms with E-state index in [1.54, 1.807) is 5.38 Å². The van der Waals surface area contributed by atoms with Crippen LogP contribution in [0.5, 0.6) is 0 Å². The molecule has 5 nitrogen and oxygen atoms in total. The van der Waals surface area contributed by atoms with Gasteiger partial charge in [-0.05, 0) is 23.1 Å². The van der Waals surface area contributed by atoms with Crippen LogP contribution in [-0.2, 0) is 0 Å². The van der Waals surface area contributed by atoms with Crippen molar-refractivity contribution in [1.29, 1.82) is 0 Å². The van der Waals surface area contributed by atoms with Gasteiger partial charge in [0.05, 0.1) is 5.56 Å². The van der Waals surface area contributed by atoms with Crippen molar-refractivity contribution >= 4 is 34.9 Å². The van der Waals surface area contributed by atoms with Crippen LogP contribution >= 0.6 is 22.9 Å². The molecule has 2 aromatic heterocycles. The third-order valence-electron chi connectivity index (χ3n) is 2.21. The number of carboxylic acid groups (broad SMARTS) is 2. The molecule has 7 heteroatoms. The van der Waals surface area contributed by atoms with Gasteiger partial charge >= 0.3 is 11.9 Å². The van der Waals surface area contributed by atoms with Crippen LogP contribution in [-0.4, -0.2) is 27.1 Å². The molecule has 0 aliphatic carbocycles. The maximum atomic E-state index is 10.9. The Morgan fingerprint density at radius 2 is 1.89 bits per heavy atom. The summed E-state index contributed by atoms with van der Waals surface area (Å²) in [5.41, 5.74) is 1.00. The number of rotatable bonds is 3. The Kier molecular flexibility index (Phi) is 3.31. The molecule has 0 fully saturated rings. The minimum atomic E-state index is -1.18. The number of aromatic carboxylic acids is 2. The quantitative estimate of drug-likeness (QED) is 0.846. The van der Waals surface area contributed by atoms with Crippen LogP contribution in [0, 0.1) is 0 Å². The van der Waals surface area contributed by atoms with Gasteiger partial charge in [-0.3, -0.25) is 0 Å². The summed E-state index contributed by atoms with van der Waals surface area (Å²) in [5.74, 6) is -2.20. The predicted octanol–water partition coefficient (Wildman–Crippen LogP) is 2.86. The van der Waals surface area contributed by atoms with E-state index in [2.05, 4.69) is 4.98 Å². The molecule has 2 rings (SSSR count). The highest BCUT2D eigenvalue weighted by molar-refractivity contribution is 7.12. The fourth-order valence-electron chi connectivity index (χ4n) is 1.36. The van der Waals surface area contributed by atoms with E-state index < -0.39 is 11.9 Å². The van der Waals surface area contributed by atoms with Gasteiger partial charge < -0.3 is 10.2 Å². The lowest BCUT2D eigenvalue weighted by Gasteiger charge is -2.01. The van der Waals surface area contributed by atoms with Crippen LogP contribution in [0.25, 0.3) is 11.1 Å². The summed E-state index contributed by atoms with van der Waals surface area (Å²) < 4.78 is 0. The monoisotopic (exact) mass is 283 g/mol. The SMILES string of the molecule is O=C(O)c1cc(-c2cnc(Cl)c(C(=O)O)c2)cs1. The molecule has 2 aromatic rings. The Hall–Kier alpha value is -1.92. The van der Waals surface area contributed by atoms with E-state index in [1.807, 2.05) is 0 Å². The standard InChI is InChI=1S/C11H6ClNO4S/c12-9-7(10(14)15)1-5(3-13-9)6-2-8(11(16)17)18-4-6/h1-4H,(H,14,15)(H,16,17). The van der Waals surface area contributed by atoms with Crippen LogP contribution in [0.2, 0.25) is 5.15 Å². The normalized spacial score (nSPS) is 10.3. The van der Waals surface area contributed by atoms with Crippen molar-refractivity contribution in [1.82, 2.24) is 4.98 Å². The van der Waals surface area contributed by atoms with Gasteiger partial charge in [-0.1, -0.05) is 11.6 Å². The number of thiophene rings is 1. The molecule has 0 amide bonds. The van der Waals surface area contributed by atoms with Gasteiger partial charge in [-0.25, -0.2) is 14.6 Å².